The van der Waals surface area contributed by atoms with Gasteiger partial charge in [-0.05, 0) is 41.2 Å². The van der Waals surface area contributed by atoms with Crippen LogP contribution in [0.5, 0.6) is 0 Å². The molecule has 1 aromatic carbocycles. The third-order valence-corrected chi connectivity index (χ3v) is 3.56. The van der Waals surface area contributed by atoms with E-state index in [2.05, 4.69) is 26.2 Å². The molecule has 0 aliphatic rings. The molecule has 0 amide bonds. The van der Waals surface area contributed by atoms with Crippen LogP contribution in [0.15, 0.2) is 33.3 Å². The summed E-state index contributed by atoms with van der Waals surface area (Å²) in [6, 6.07) is 5.66. The fourth-order valence-electron chi connectivity index (χ4n) is 1.44. The van der Waals surface area contributed by atoms with Crippen LogP contribution in [0.3, 0.4) is 0 Å². The van der Waals surface area contributed by atoms with E-state index < -0.39 is 0 Å². The molecule has 5 heteroatoms. The monoisotopic (exact) mass is 314 g/mol. The molecule has 3 nitrogen and oxygen atoms in total. The zero-order valence-corrected chi connectivity index (χ0v) is 11.7. The minimum Gasteiger partial charge on any atom is -0.441 e. The van der Waals surface area contributed by atoms with Crippen LogP contribution in [-0.4, -0.2) is 18.6 Å². The first-order valence-electron chi connectivity index (χ1n) is 5.25. The van der Waals surface area contributed by atoms with Gasteiger partial charge in [0.25, 0.3) is 0 Å². The number of likely N-dealkylation sites (N-methyl/N-ethyl adjacent to an activating group) is 1. The highest BCUT2D eigenvalue weighted by atomic mass is 79.9. The maximum absolute atomic E-state index is 5.94. The van der Waals surface area contributed by atoms with Crippen molar-refractivity contribution in [3.8, 4) is 11.3 Å². The Hall–Kier alpha value is -0.840. The summed E-state index contributed by atoms with van der Waals surface area (Å²) in [6.07, 6.45) is 2.52. The molecule has 0 unspecified atom stereocenters. The molecule has 0 spiro atoms. The van der Waals surface area contributed by atoms with Crippen molar-refractivity contribution in [1.82, 2.24) is 10.3 Å². The molecule has 0 radical (unpaired) electrons. The molecular weight excluding hydrogens is 304 g/mol. The molecule has 0 saturated carbocycles. The lowest BCUT2D eigenvalue weighted by atomic mass is 10.2. The Morgan fingerprint density at radius 2 is 2.29 bits per heavy atom. The molecule has 0 saturated heterocycles. The molecule has 90 valence electrons. The van der Waals surface area contributed by atoms with E-state index in [1.807, 2.05) is 25.2 Å². The number of nitrogens with zero attached hydrogens (tertiary/aromatic N) is 1. The number of halogens is 2. The molecular formula is C12H12BrClN2O. The lowest BCUT2D eigenvalue weighted by Gasteiger charge is -1.99. The normalized spacial score (nSPS) is 10.8. The van der Waals surface area contributed by atoms with Gasteiger partial charge in [0.1, 0.15) is 0 Å². The van der Waals surface area contributed by atoms with Gasteiger partial charge in [0, 0.05) is 23.0 Å². The molecule has 0 aliphatic heterocycles. The molecule has 0 fully saturated rings. The predicted octanol–water partition coefficient (Wildman–Crippen LogP) is 3.52. The average molecular weight is 316 g/mol. The zero-order chi connectivity index (χ0) is 12.3. The number of hydrogen-bond donors (Lipinski definition) is 1. The van der Waals surface area contributed by atoms with Crippen molar-refractivity contribution in [2.75, 3.05) is 13.6 Å². The van der Waals surface area contributed by atoms with E-state index >= 15 is 0 Å². The van der Waals surface area contributed by atoms with E-state index in [0.717, 1.165) is 34.7 Å². The molecule has 1 heterocycles. The van der Waals surface area contributed by atoms with Crippen molar-refractivity contribution in [3.05, 3.63) is 39.8 Å². The van der Waals surface area contributed by atoms with Crippen molar-refractivity contribution >= 4 is 27.5 Å². The van der Waals surface area contributed by atoms with Crippen LogP contribution in [0.1, 0.15) is 5.89 Å². The molecule has 17 heavy (non-hydrogen) atoms. The van der Waals surface area contributed by atoms with Gasteiger partial charge in [-0.1, -0.05) is 11.6 Å². The first-order chi connectivity index (χ1) is 8.20. The maximum atomic E-state index is 5.94. The largest absolute Gasteiger partial charge is 0.441 e. The van der Waals surface area contributed by atoms with Crippen molar-refractivity contribution in [3.63, 3.8) is 0 Å². The van der Waals surface area contributed by atoms with E-state index in [1.165, 1.54) is 0 Å². The summed E-state index contributed by atoms with van der Waals surface area (Å²) in [5.41, 5.74) is 0.962. The van der Waals surface area contributed by atoms with Gasteiger partial charge in [0.2, 0.25) is 0 Å². The average Bonchev–Trinajstić information content (AvgIpc) is 2.79. The Labute approximate surface area is 113 Å². The SMILES string of the molecule is CNCCc1ncc(-c2ccc(Cl)c(Br)c2)o1. The van der Waals surface area contributed by atoms with Crippen LogP contribution in [0.2, 0.25) is 5.02 Å². The Kier molecular flexibility index (Phi) is 4.20. The summed E-state index contributed by atoms with van der Waals surface area (Å²) in [5, 5.41) is 3.74. The van der Waals surface area contributed by atoms with E-state index in [4.69, 9.17) is 16.0 Å². The summed E-state index contributed by atoms with van der Waals surface area (Å²) >= 11 is 9.33. The first-order valence-corrected chi connectivity index (χ1v) is 6.42. The number of benzene rings is 1. The summed E-state index contributed by atoms with van der Waals surface area (Å²) in [6.45, 7) is 0.851. The minimum absolute atomic E-state index is 0.684. The lowest BCUT2D eigenvalue weighted by Crippen LogP contribution is -2.10. The van der Waals surface area contributed by atoms with Gasteiger partial charge in [-0.2, -0.15) is 0 Å². The number of nitrogens with one attached hydrogen (secondary N) is 1. The van der Waals surface area contributed by atoms with Gasteiger partial charge in [0.15, 0.2) is 11.7 Å². The second kappa shape index (κ2) is 5.67. The van der Waals surface area contributed by atoms with Crippen LogP contribution in [-0.2, 0) is 6.42 Å². The maximum Gasteiger partial charge on any atom is 0.196 e. The van der Waals surface area contributed by atoms with Crippen molar-refractivity contribution in [2.45, 2.75) is 6.42 Å². The molecule has 0 bridgehead atoms. The Balaban J connectivity index is 2.21. The van der Waals surface area contributed by atoms with Gasteiger partial charge in [-0.3, -0.25) is 0 Å². The highest BCUT2D eigenvalue weighted by molar-refractivity contribution is 9.10. The smallest absolute Gasteiger partial charge is 0.196 e. The topological polar surface area (TPSA) is 38.1 Å². The second-order valence-electron chi connectivity index (χ2n) is 3.60. The fraction of sp³-hybridized carbons (Fsp3) is 0.250. The molecule has 0 atom stereocenters. The quantitative estimate of drug-likeness (QED) is 0.938. The zero-order valence-electron chi connectivity index (χ0n) is 9.34. The van der Waals surface area contributed by atoms with Gasteiger partial charge < -0.3 is 9.73 Å². The predicted molar refractivity (Wildman–Crippen MR) is 72.3 cm³/mol. The molecule has 0 aliphatic carbocycles. The van der Waals surface area contributed by atoms with Gasteiger partial charge in [0.05, 0.1) is 11.2 Å². The Bertz CT molecular complexity index is 513. The highest BCUT2D eigenvalue weighted by Crippen LogP contribution is 2.29. The molecule has 1 aromatic heterocycles. The standard InChI is InChI=1S/C12H12BrClN2O/c1-15-5-4-12-16-7-11(17-12)8-2-3-10(14)9(13)6-8/h2-3,6-7,15H,4-5H2,1H3. The summed E-state index contributed by atoms with van der Waals surface area (Å²) in [4.78, 5) is 4.23. The van der Waals surface area contributed by atoms with Crippen LogP contribution in [0.25, 0.3) is 11.3 Å². The Morgan fingerprint density at radius 3 is 3.00 bits per heavy atom. The third kappa shape index (κ3) is 3.09. The summed E-state index contributed by atoms with van der Waals surface area (Å²) in [5.74, 6) is 1.49. The minimum atomic E-state index is 0.684. The summed E-state index contributed by atoms with van der Waals surface area (Å²) < 4.78 is 6.50. The van der Waals surface area contributed by atoms with E-state index in [1.54, 1.807) is 6.20 Å². The van der Waals surface area contributed by atoms with Gasteiger partial charge in [-0.25, -0.2) is 4.98 Å². The van der Waals surface area contributed by atoms with Gasteiger partial charge in [-0.15, -0.1) is 0 Å². The number of hydrogen-bond acceptors (Lipinski definition) is 3. The summed E-state index contributed by atoms with van der Waals surface area (Å²) in [7, 11) is 1.90. The third-order valence-electron chi connectivity index (χ3n) is 2.35. The van der Waals surface area contributed by atoms with Gasteiger partial charge >= 0.3 is 0 Å². The first kappa shape index (κ1) is 12.6. The van der Waals surface area contributed by atoms with Crippen molar-refractivity contribution in [2.24, 2.45) is 0 Å². The molecule has 1 N–H and O–H groups in total. The number of rotatable bonds is 4. The van der Waals surface area contributed by atoms with E-state index in [0.29, 0.717) is 5.02 Å². The molecule has 2 rings (SSSR count). The highest BCUT2D eigenvalue weighted by Gasteiger charge is 2.07. The fourth-order valence-corrected chi connectivity index (χ4v) is 1.94. The second-order valence-corrected chi connectivity index (χ2v) is 4.86. The van der Waals surface area contributed by atoms with Crippen molar-refractivity contribution < 1.29 is 4.42 Å². The lowest BCUT2D eigenvalue weighted by molar-refractivity contribution is 0.501. The van der Waals surface area contributed by atoms with Crippen LogP contribution in [0, 0.1) is 0 Å². The number of aromatic nitrogens is 1. The Morgan fingerprint density at radius 1 is 1.47 bits per heavy atom. The number of oxazole rings is 1. The van der Waals surface area contributed by atoms with Crippen LogP contribution >= 0.6 is 27.5 Å². The van der Waals surface area contributed by atoms with E-state index in [-0.39, 0.29) is 0 Å². The van der Waals surface area contributed by atoms with Crippen molar-refractivity contribution in [1.29, 1.82) is 0 Å². The molecule has 2 aromatic rings. The van der Waals surface area contributed by atoms with Crippen LogP contribution in [0.4, 0.5) is 0 Å². The van der Waals surface area contributed by atoms with E-state index in [9.17, 15) is 0 Å². The van der Waals surface area contributed by atoms with Crippen LogP contribution < -0.4 is 5.32 Å².